The fourth-order valence-electron chi connectivity index (χ4n) is 2.00. The number of aromatic carboxylic acids is 1. The number of hydrogen-bond donors (Lipinski definition) is 2. The van der Waals surface area contributed by atoms with Gasteiger partial charge in [-0.15, -0.1) is 0 Å². The number of H-pyrrole nitrogens is 1. The fraction of sp³-hybridized carbons (Fsp3) is 0.231. The van der Waals surface area contributed by atoms with Gasteiger partial charge in [0, 0.05) is 16.7 Å². The van der Waals surface area contributed by atoms with Crippen LogP contribution in [0.15, 0.2) is 12.1 Å². The predicted molar refractivity (Wildman–Crippen MR) is 67.0 cm³/mol. The third-order valence-electron chi connectivity index (χ3n) is 3.00. The smallest absolute Gasteiger partial charge is 0.353 e. The first-order valence-electron chi connectivity index (χ1n) is 5.58. The van der Waals surface area contributed by atoms with Gasteiger partial charge in [-0.3, -0.25) is 5.10 Å². The van der Waals surface area contributed by atoms with E-state index in [9.17, 15) is 9.18 Å². The highest BCUT2D eigenvalue weighted by Crippen LogP contribution is 2.33. The number of aromatic nitrogens is 2. The summed E-state index contributed by atoms with van der Waals surface area (Å²) in [7, 11) is 1.46. The van der Waals surface area contributed by atoms with Crippen molar-refractivity contribution in [3.05, 3.63) is 34.8 Å². The Bertz CT molecular complexity index is 650. The number of nitrogens with zero attached hydrogens (tertiary/aromatic N) is 1. The number of halogens is 1. The number of carboxylic acid groups (broad SMARTS) is 1. The van der Waals surface area contributed by atoms with E-state index in [1.807, 2.05) is 0 Å². The summed E-state index contributed by atoms with van der Waals surface area (Å²) in [4.78, 5) is 10.8. The van der Waals surface area contributed by atoms with Gasteiger partial charge in [-0.1, -0.05) is 0 Å². The lowest BCUT2D eigenvalue weighted by atomic mass is 10.0. The minimum atomic E-state index is -1.11. The second-order valence-electron chi connectivity index (χ2n) is 4.16. The second kappa shape index (κ2) is 4.72. The lowest BCUT2D eigenvalue weighted by Crippen LogP contribution is -1.97. The quantitative estimate of drug-likeness (QED) is 0.893. The molecule has 0 spiro atoms. The van der Waals surface area contributed by atoms with E-state index in [1.165, 1.54) is 19.2 Å². The van der Waals surface area contributed by atoms with Crippen molar-refractivity contribution in [3.63, 3.8) is 0 Å². The van der Waals surface area contributed by atoms with E-state index >= 15 is 0 Å². The van der Waals surface area contributed by atoms with Crippen molar-refractivity contribution in [1.82, 2.24) is 10.2 Å². The molecule has 0 aliphatic rings. The third kappa shape index (κ3) is 2.16. The second-order valence-corrected chi connectivity index (χ2v) is 4.16. The Morgan fingerprint density at radius 2 is 2.05 bits per heavy atom. The molecular formula is C13H13FN2O3. The van der Waals surface area contributed by atoms with E-state index < -0.39 is 11.8 Å². The molecule has 0 saturated carbocycles. The van der Waals surface area contributed by atoms with Gasteiger partial charge in [0.25, 0.3) is 0 Å². The number of methoxy groups -OCH3 is 1. The zero-order valence-corrected chi connectivity index (χ0v) is 10.7. The van der Waals surface area contributed by atoms with Crippen molar-refractivity contribution in [2.75, 3.05) is 7.11 Å². The highest BCUT2D eigenvalue weighted by atomic mass is 19.1. The number of carboxylic acids is 1. The Morgan fingerprint density at radius 1 is 1.37 bits per heavy atom. The molecule has 0 aliphatic heterocycles. The number of benzene rings is 1. The molecule has 0 aliphatic carbocycles. The molecule has 2 aromatic rings. The van der Waals surface area contributed by atoms with Crippen LogP contribution in [-0.4, -0.2) is 28.4 Å². The number of aromatic amines is 1. The average molecular weight is 264 g/mol. The van der Waals surface area contributed by atoms with E-state index in [0.717, 1.165) is 0 Å². The highest BCUT2D eigenvalue weighted by Gasteiger charge is 2.17. The number of ether oxygens (including phenoxy) is 1. The van der Waals surface area contributed by atoms with E-state index in [2.05, 4.69) is 10.2 Å². The van der Waals surface area contributed by atoms with E-state index in [1.54, 1.807) is 13.8 Å². The van der Waals surface area contributed by atoms with Crippen LogP contribution in [0.1, 0.15) is 21.6 Å². The summed E-state index contributed by atoms with van der Waals surface area (Å²) in [6.45, 7) is 3.40. The molecule has 100 valence electrons. The highest BCUT2D eigenvalue weighted by molar-refractivity contribution is 5.87. The first kappa shape index (κ1) is 13.1. The minimum absolute atomic E-state index is 0.0469. The summed E-state index contributed by atoms with van der Waals surface area (Å²) in [5.41, 5.74) is 1.95. The van der Waals surface area contributed by atoms with Crippen molar-refractivity contribution in [2.45, 2.75) is 13.8 Å². The zero-order valence-electron chi connectivity index (χ0n) is 10.7. The number of rotatable bonds is 3. The van der Waals surface area contributed by atoms with Gasteiger partial charge in [0.1, 0.15) is 17.3 Å². The third-order valence-corrected chi connectivity index (χ3v) is 3.00. The van der Waals surface area contributed by atoms with Gasteiger partial charge in [0.05, 0.1) is 12.8 Å². The number of carbonyl (C=O) groups is 1. The summed E-state index contributed by atoms with van der Waals surface area (Å²) in [5.74, 6) is -1.09. The Morgan fingerprint density at radius 3 is 2.58 bits per heavy atom. The van der Waals surface area contributed by atoms with Crippen LogP contribution in [0.5, 0.6) is 5.75 Å². The molecule has 0 saturated heterocycles. The van der Waals surface area contributed by atoms with Crippen LogP contribution in [0.2, 0.25) is 0 Å². The minimum Gasteiger partial charge on any atom is -0.496 e. The summed E-state index contributed by atoms with van der Waals surface area (Å²) in [5, 5.41) is 15.1. The van der Waals surface area contributed by atoms with Crippen molar-refractivity contribution in [3.8, 4) is 17.0 Å². The Labute approximate surface area is 109 Å². The van der Waals surface area contributed by atoms with Crippen LogP contribution in [0, 0.1) is 19.7 Å². The molecule has 0 amide bonds. The van der Waals surface area contributed by atoms with E-state index in [4.69, 9.17) is 9.84 Å². The van der Waals surface area contributed by atoms with Gasteiger partial charge >= 0.3 is 5.97 Å². The molecule has 0 bridgehead atoms. The Kier molecular flexibility index (Phi) is 3.25. The number of hydrogen-bond acceptors (Lipinski definition) is 3. The first-order valence-corrected chi connectivity index (χ1v) is 5.58. The zero-order chi connectivity index (χ0) is 14.2. The van der Waals surface area contributed by atoms with Gasteiger partial charge in [-0.2, -0.15) is 5.10 Å². The lowest BCUT2D eigenvalue weighted by Gasteiger charge is -2.12. The molecule has 1 aromatic carbocycles. The van der Waals surface area contributed by atoms with Gasteiger partial charge in [-0.05, 0) is 26.0 Å². The van der Waals surface area contributed by atoms with Crippen LogP contribution >= 0.6 is 0 Å². The predicted octanol–water partition coefficient (Wildman–Crippen LogP) is 2.54. The average Bonchev–Trinajstić information content (AvgIpc) is 2.84. The molecule has 1 heterocycles. The van der Waals surface area contributed by atoms with Gasteiger partial charge in [0.2, 0.25) is 0 Å². The number of nitrogens with one attached hydrogen (secondary N) is 1. The molecule has 0 radical (unpaired) electrons. The van der Waals surface area contributed by atoms with Crippen LogP contribution in [0.25, 0.3) is 11.3 Å². The lowest BCUT2D eigenvalue weighted by molar-refractivity contribution is 0.0690. The van der Waals surface area contributed by atoms with Crippen LogP contribution in [0.4, 0.5) is 4.39 Å². The topological polar surface area (TPSA) is 75.2 Å². The van der Waals surface area contributed by atoms with Crippen LogP contribution < -0.4 is 4.74 Å². The molecule has 1 aromatic heterocycles. The van der Waals surface area contributed by atoms with Gasteiger partial charge < -0.3 is 9.84 Å². The molecule has 6 heteroatoms. The molecule has 0 unspecified atom stereocenters. The largest absolute Gasteiger partial charge is 0.496 e. The summed E-state index contributed by atoms with van der Waals surface area (Å²) in [6, 6.07) is 2.69. The van der Waals surface area contributed by atoms with Crippen molar-refractivity contribution in [2.24, 2.45) is 0 Å². The van der Waals surface area contributed by atoms with Crippen molar-refractivity contribution in [1.29, 1.82) is 0 Å². The maximum absolute atomic E-state index is 13.8. The molecule has 0 fully saturated rings. The maximum atomic E-state index is 13.8. The van der Waals surface area contributed by atoms with Crippen LogP contribution in [-0.2, 0) is 0 Å². The summed E-state index contributed by atoms with van der Waals surface area (Å²) in [6.07, 6.45) is 0. The molecule has 2 rings (SSSR count). The molecule has 5 nitrogen and oxygen atoms in total. The standard InChI is InChI=1S/C13H13FN2O3/c1-6-8(4-9(14)7(2)12(6)19-3)10-5-11(13(17)18)16-15-10/h4-5H,1-3H3,(H,15,16)(H,17,18). The molecule has 2 N–H and O–H groups in total. The molecule has 0 atom stereocenters. The van der Waals surface area contributed by atoms with Gasteiger partial charge in [-0.25, -0.2) is 9.18 Å². The Hall–Kier alpha value is -2.37. The normalized spacial score (nSPS) is 10.5. The molecular weight excluding hydrogens is 251 g/mol. The fourth-order valence-corrected chi connectivity index (χ4v) is 2.00. The Balaban J connectivity index is 2.61. The maximum Gasteiger partial charge on any atom is 0.353 e. The summed E-state index contributed by atoms with van der Waals surface area (Å²) >= 11 is 0. The van der Waals surface area contributed by atoms with E-state index in [0.29, 0.717) is 28.1 Å². The van der Waals surface area contributed by atoms with Crippen molar-refractivity contribution >= 4 is 5.97 Å². The monoisotopic (exact) mass is 264 g/mol. The van der Waals surface area contributed by atoms with Crippen LogP contribution in [0.3, 0.4) is 0 Å². The molecule has 19 heavy (non-hydrogen) atoms. The first-order chi connectivity index (χ1) is 8.95. The summed E-state index contributed by atoms with van der Waals surface area (Å²) < 4.78 is 19.0. The van der Waals surface area contributed by atoms with Gasteiger partial charge in [0.15, 0.2) is 0 Å². The van der Waals surface area contributed by atoms with Crippen molar-refractivity contribution < 1.29 is 19.0 Å². The SMILES string of the molecule is COc1c(C)c(F)cc(-c2cc(C(=O)O)[nH]n2)c1C. The van der Waals surface area contributed by atoms with E-state index in [-0.39, 0.29) is 5.69 Å².